The number of nitrogens with zero attached hydrogens (tertiary/aromatic N) is 3. The van der Waals surface area contributed by atoms with Crippen LogP contribution in [0, 0.1) is 11.1 Å². The molecule has 1 aromatic carbocycles. The monoisotopic (exact) mass is 353 g/mol. The van der Waals surface area contributed by atoms with Crippen LogP contribution in [0.2, 0.25) is 0 Å². The highest BCUT2D eigenvalue weighted by atomic mass is 16.8. The fourth-order valence-electron chi connectivity index (χ4n) is 2.08. The van der Waals surface area contributed by atoms with Crippen LogP contribution in [-0.4, -0.2) is 46.4 Å². The normalized spacial score (nSPS) is 15.0. The molecule has 1 aromatic rings. The molecule has 9 nitrogen and oxygen atoms in total. The van der Waals surface area contributed by atoms with E-state index < -0.39 is 24.3 Å². The second-order valence-corrected chi connectivity index (χ2v) is 5.52. The van der Waals surface area contributed by atoms with Crippen LogP contribution >= 0.6 is 0 Å². The van der Waals surface area contributed by atoms with Crippen molar-refractivity contribution in [3.05, 3.63) is 41.1 Å². The van der Waals surface area contributed by atoms with E-state index in [1.165, 1.54) is 14.0 Å². The van der Waals surface area contributed by atoms with Crippen molar-refractivity contribution in [1.29, 1.82) is 0 Å². The molecule has 0 saturated carbocycles. The highest BCUT2D eigenvalue weighted by molar-refractivity contribution is 5.89. The Bertz CT molecular complexity index is 607. The maximum absolute atomic E-state index is 11.9. The zero-order chi connectivity index (χ0) is 19.0. The summed E-state index contributed by atoms with van der Waals surface area (Å²) in [6, 6.07) is 7.21. The lowest BCUT2D eigenvalue weighted by Gasteiger charge is -2.24. The lowest BCUT2D eigenvalue weighted by Crippen LogP contribution is -2.46. The van der Waals surface area contributed by atoms with E-state index in [-0.39, 0.29) is 10.9 Å². The van der Waals surface area contributed by atoms with Crippen molar-refractivity contribution in [2.45, 2.75) is 39.5 Å². The molecule has 0 radical (unpaired) electrons. The summed E-state index contributed by atoms with van der Waals surface area (Å²) in [7, 11) is 1.30. The molecule has 1 rings (SSSR count). The van der Waals surface area contributed by atoms with Crippen molar-refractivity contribution in [3.63, 3.8) is 0 Å². The average molecular weight is 353 g/mol. The molecule has 9 heteroatoms. The van der Waals surface area contributed by atoms with Gasteiger partial charge in [-0.15, -0.1) is 5.01 Å². The number of benzene rings is 1. The molecule has 0 saturated heterocycles. The minimum Gasteiger partial charge on any atom is -0.569 e. The van der Waals surface area contributed by atoms with Gasteiger partial charge in [0.1, 0.15) is 0 Å². The van der Waals surface area contributed by atoms with E-state index in [4.69, 9.17) is 9.57 Å². The van der Waals surface area contributed by atoms with Crippen molar-refractivity contribution < 1.29 is 29.2 Å². The van der Waals surface area contributed by atoms with Gasteiger partial charge in [0.25, 0.3) is 6.29 Å². The summed E-state index contributed by atoms with van der Waals surface area (Å²) in [5.74, 6) is -2.05. The molecule has 138 valence electrons. The maximum Gasteiger partial charge on any atom is 0.341 e. The first-order chi connectivity index (χ1) is 11.8. The van der Waals surface area contributed by atoms with Crippen molar-refractivity contribution >= 4 is 11.9 Å². The van der Waals surface area contributed by atoms with Crippen molar-refractivity contribution in [3.8, 4) is 0 Å². The number of hydrogen-bond donors (Lipinski definition) is 1. The zero-order valence-corrected chi connectivity index (χ0v) is 14.7. The van der Waals surface area contributed by atoms with Crippen LogP contribution in [-0.2, 0) is 14.4 Å². The van der Waals surface area contributed by atoms with Gasteiger partial charge in [-0.25, -0.2) is 9.59 Å². The molecule has 0 amide bonds. The van der Waals surface area contributed by atoms with Gasteiger partial charge in [0.15, 0.2) is 6.04 Å². The van der Waals surface area contributed by atoms with Crippen LogP contribution in [0.4, 0.5) is 0 Å². The van der Waals surface area contributed by atoms with E-state index in [9.17, 15) is 19.9 Å². The van der Waals surface area contributed by atoms with E-state index in [2.05, 4.69) is 5.28 Å². The number of rotatable bonds is 9. The predicted molar refractivity (Wildman–Crippen MR) is 87.1 cm³/mol. The molecule has 0 aliphatic rings. The zero-order valence-electron chi connectivity index (χ0n) is 14.7. The van der Waals surface area contributed by atoms with E-state index in [0.717, 1.165) is 5.01 Å². The molecule has 0 aromatic heterocycles. The van der Waals surface area contributed by atoms with Crippen molar-refractivity contribution in [2.24, 2.45) is 11.2 Å². The smallest absolute Gasteiger partial charge is 0.341 e. The standard InChI is InChI=1S/C16H23N3O6/c1-5-11(2)14(15(20)21)18(4)19(23)17-25-12(3)24-16(22)13-9-7-6-8-10-13/h6-12,14H,5H2,1-4H3,(H,20,21)/b19-17+/t11-,12?,14+/m1/s1. The topological polar surface area (TPSA) is 114 Å². The molecule has 1 unspecified atom stereocenters. The van der Waals surface area contributed by atoms with Crippen molar-refractivity contribution in [1.82, 2.24) is 5.01 Å². The number of carboxylic acids is 1. The molecule has 0 aliphatic carbocycles. The molecule has 1 N–H and O–H groups in total. The summed E-state index contributed by atoms with van der Waals surface area (Å²) in [4.78, 5) is 28.0. The number of esters is 1. The lowest BCUT2D eigenvalue weighted by atomic mass is 9.99. The molecule has 0 fully saturated rings. The maximum atomic E-state index is 11.9. The van der Waals surface area contributed by atoms with Gasteiger partial charge < -0.3 is 15.1 Å². The quantitative estimate of drug-likeness (QED) is 0.238. The predicted octanol–water partition coefficient (Wildman–Crippen LogP) is 2.43. The number of carbonyl (C=O) groups is 2. The van der Waals surface area contributed by atoms with E-state index >= 15 is 0 Å². The molecule has 3 atom stereocenters. The number of carbonyl (C=O) groups excluding carboxylic acids is 1. The first kappa shape index (κ1) is 20.2. The van der Waals surface area contributed by atoms with Gasteiger partial charge in [-0.1, -0.05) is 38.5 Å². The number of hydrogen-bond acceptors (Lipinski definition) is 6. The van der Waals surface area contributed by atoms with E-state index in [0.29, 0.717) is 12.0 Å². The molecule has 0 spiro atoms. The second-order valence-electron chi connectivity index (χ2n) is 5.52. The Hall–Kier alpha value is -2.84. The first-order valence-corrected chi connectivity index (χ1v) is 7.83. The Kier molecular flexibility index (Phi) is 7.64. The first-order valence-electron chi connectivity index (χ1n) is 7.83. The van der Waals surface area contributed by atoms with Gasteiger partial charge >= 0.3 is 11.9 Å². The van der Waals surface area contributed by atoms with E-state index in [1.54, 1.807) is 37.3 Å². The molecule has 25 heavy (non-hydrogen) atoms. The Morgan fingerprint density at radius 2 is 1.92 bits per heavy atom. The molecular weight excluding hydrogens is 330 g/mol. The van der Waals surface area contributed by atoms with Gasteiger partial charge in [0.2, 0.25) is 5.28 Å². The van der Waals surface area contributed by atoms with Gasteiger partial charge in [-0.05, 0) is 18.1 Å². The largest absolute Gasteiger partial charge is 0.569 e. The highest BCUT2D eigenvalue weighted by Gasteiger charge is 2.33. The molecular formula is C16H23N3O6. The van der Waals surface area contributed by atoms with Crippen molar-refractivity contribution in [2.75, 3.05) is 7.05 Å². The Balaban J connectivity index is 2.66. The van der Waals surface area contributed by atoms with Gasteiger partial charge in [-0.3, -0.25) is 4.84 Å². The van der Waals surface area contributed by atoms with Crippen LogP contribution in [0.5, 0.6) is 0 Å². The van der Waals surface area contributed by atoms with Gasteiger partial charge in [0, 0.05) is 6.92 Å². The van der Waals surface area contributed by atoms with Crippen LogP contribution < -0.4 is 0 Å². The lowest BCUT2D eigenvalue weighted by molar-refractivity contribution is -0.713. The SMILES string of the molecule is CC[C@@H](C)[C@@H](C(=O)O)N(C)/[N+]([O-])=N\OC(C)OC(=O)c1ccccc1. The Morgan fingerprint density at radius 1 is 1.32 bits per heavy atom. The third-order valence-corrected chi connectivity index (χ3v) is 3.66. The Labute approximate surface area is 146 Å². The molecule has 0 bridgehead atoms. The van der Waals surface area contributed by atoms with E-state index in [1.807, 2.05) is 6.92 Å². The summed E-state index contributed by atoms with van der Waals surface area (Å²) < 4.78 is 4.99. The second kappa shape index (κ2) is 9.45. The average Bonchev–Trinajstić information content (AvgIpc) is 2.59. The molecule has 0 heterocycles. The van der Waals surface area contributed by atoms with Gasteiger partial charge in [-0.2, -0.15) is 0 Å². The minimum absolute atomic E-state index is 0.0256. The number of likely N-dealkylation sites (N-methyl/N-ethyl adjacent to an activating group) is 1. The number of carboxylic acid groups (broad SMARTS) is 1. The fraction of sp³-hybridized carbons (Fsp3) is 0.500. The fourth-order valence-corrected chi connectivity index (χ4v) is 2.08. The summed E-state index contributed by atoms with van der Waals surface area (Å²) in [5, 5.41) is 25.3. The van der Waals surface area contributed by atoms with Crippen LogP contribution in [0.25, 0.3) is 0 Å². The summed E-state index contributed by atoms with van der Waals surface area (Å²) in [6.07, 6.45) is -0.550. The molecule has 0 aliphatic heterocycles. The number of hydrazine groups is 1. The number of ether oxygens (including phenoxy) is 1. The number of aliphatic carboxylic acids is 1. The summed E-state index contributed by atoms with van der Waals surface area (Å²) in [5.41, 5.74) is 0.330. The summed E-state index contributed by atoms with van der Waals surface area (Å²) >= 11 is 0. The Morgan fingerprint density at radius 3 is 2.44 bits per heavy atom. The minimum atomic E-state index is -1.14. The third kappa shape index (κ3) is 5.94. The van der Waals surface area contributed by atoms with Crippen LogP contribution in [0.1, 0.15) is 37.6 Å². The van der Waals surface area contributed by atoms with Crippen LogP contribution in [0.3, 0.4) is 0 Å². The third-order valence-electron chi connectivity index (χ3n) is 3.66. The highest BCUT2D eigenvalue weighted by Crippen LogP contribution is 2.14. The van der Waals surface area contributed by atoms with Crippen LogP contribution in [0.15, 0.2) is 35.6 Å². The summed E-state index contributed by atoms with van der Waals surface area (Å²) in [6.45, 7) is 4.93. The van der Waals surface area contributed by atoms with Gasteiger partial charge in [0.05, 0.1) is 17.6 Å².